The Morgan fingerprint density at radius 1 is 1.31 bits per heavy atom. The summed E-state index contributed by atoms with van der Waals surface area (Å²) in [4.78, 5) is 0. The van der Waals surface area contributed by atoms with Crippen LogP contribution in [0.5, 0.6) is 5.75 Å². The van der Waals surface area contributed by atoms with Gasteiger partial charge in [-0.1, -0.05) is 28.1 Å². The highest BCUT2D eigenvalue weighted by Gasteiger charge is 2.06. The molecule has 0 N–H and O–H groups in total. The molecule has 0 aromatic heterocycles. The Kier molecular flexibility index (Phi) is 3.79. The fourth-order valence-corrected chi connectivity index (χ4v) is 1.86. The number of alkyl halides is 1. The molecule has 0 saturated heterocycles. The number of ether oxygens (including phenoxy) is 1. The number of rotatable bonds is 3. The molecule has 0 saturated carbocycles. The van der Waals surface area contributed by atoms with Crippen LogP contribution in [0.4, 0.5) is 0 Å². The van der Waals surface area contributed by atoms with Crippen LogP contribution in [0.2, 0.25) is 0 Å². The van der Waals surface area contributed by atoms with E-state index in [4.69, 9.17) is 4.74 Å². The summed E-state index contributed by atoms with van der Waals surface area (Å²) in [5.74, 6) is 1.04. The molecule has 2 heteroatoms. The lowest BCUT2D eigenvalue weighted by molar-refractivity contribution is 0.406. The third-order valence-electron chi connectivity index (χ3n) is 2.33. The topological polar surface area (TPSA) is 9.23 Å². The van der Waals surface area contributed by atoms with Gasteiger partial charge in [-0.25, -0.2) is 0 Å². The Balaban J connectivity index is 3.13. The highest BCUT2D eigenvalue weighted by molar-refractivity contribution is 9.09. The molecule has 72 valence electrons. The van der Waals surface area contributed by atoms with Gasteiger partial charge in [-0.15, -0.1) is 0 Å². The van der Waals surface area contributed by atoms with E-state index in [1.165, 1.54) is 16.7 Å². The van der Waals surface area contributed by atoms with Crippen molar-refractivity contribution in [3.63, 3.8) is 0 Å². The van der Waals surface area contributed by atoms with Crippen molar-refractivity contribution in [3.05, 3.63) is 28.8 Å². The molecule has 0 radical (unpaired) electrons. The molecular formula is C11H15BrO. The van der Waals surface area contributed by atoms with Crippen LogP contribution in [-0.4, -0.2) is 12.4 Å². The molecule has 1 aromatic rings. The summed E-state index contributed by atoms with van der Waals surface area (Å²) in [6.07, 6.45) is 1.02. The van der Waals surface area contributed by atoms with Crippen LogP contribution >= 0.6 is 15.9 Å². The number of aryl methyl sites for hydroxylation is 2. The molecule has 0 bridgehead atoms. The molecule has 1 nitrogen and oxygen atoms in total. The Labute approximate surface area is 88.2 Å². The molecule has 0 unspecified atom stereocenters. The normalized spacial score (nSPS) is 10.2. The minimum atomic E-state index is 0.978. The number of hydrogen-bond acceptors (Lipinski definition) is 1. The maximum absolute atomic E-state index is 5.39. The van der Waals surface area contributed by atoms with Crippen LogP contribution in [0.3, 0.4) is 0 Å². The average Bonchev–Trinajstić information content (AvgIpc) is 2.12. The van der Waals surface area contributed by atoms with E-state index in [1.807, 2.05) is 0 Å². The monoisotopic (exact) mass is 242 g/mol. The van der Waals surface area contributed by atoms with Gasteiger partial charge in [-0.05, 0) is 37.0 Å². The van der Waals surface area contributed by atoms with Gasteiger partial charge in [0, 0.05) is 5.33 Å². The molecule has 0 aliphatic heterocycles. The first-order valence-corrected chi connectivity index (χ1v) is 5.52. The number of hydrogen-bond donors (Lipinski definition) is 0. The molecule has 0 atom stereocenters. The highest BCUT2D eigenvalue weighted by atomic mass is 79.9. The third-order valence-corrected chi connectivity index (χ3v) is 2.72. The van der Waals surface area contributed by atoms with Crippen molar-refractivity contribution in [2.75, 3.05) is 12.4 Å². The number of benzene rings is 1. The Morgan fingerprint density at radius 2 is 2.00 bits per heavy atom. The Morgan fingerprint density at radius 3 is 2.54 bits per heavy atom. The summed E-state index contributed by atoms with van der Waals surface area (Å²) in [5, 5.41) is 0.978. The second-order valence-corrected chi connectivity index (χ2v) is 3.93. The van der Waals surface area contributed by atoms with E-state index in [0.29, 0.717) is 0 Å². The van der Waals surface area contributed by atoms with E-state index in [9.17, 15) is 0 Å². The molecule has 0 fully saturated rings. The van der Waals surface area contributed by atoms with Gasteiger partial charge in [0.15, 0.2) is 0 Å². The van der Waals surface area contributed by atoms with Crippen LogP contribution in [-0.2, 0) is 6.42 Å². The van der Waals surface area contributed by atoms with Gasteiger partial charge in [0.2, 0.25) is 0 Å². The van der Waals surface area contributed by atoms with E-state index < -0.39 is 0 Å². The van der Waals surface area contributed by atoms with Gasteiger partial charge >= 0.3 is 0 Å². The van der Waals surface area contributed by atoms with Gasteiger partial charge in [-0.3, -0.25) is 0 Å². The van der Waals surface area contributed by atoms with Gasteiger partial charge in [0.1, 0.15) is 5.75 Å². The molecule has 13 heavy (non-hydrogen) atoms. The van der Waals surface area contributed by atoms with Crippen LogP contribution in [0.1, 0.15) is 16.7 Å². The van der Waals surface area contributed by atoms with Crippen LogP contribution in [0.25, 0.3) is 0 Å². The molecule has 0 spiro atoms. The predicted molar refractivity (Wildman–Crippen MR) is 60.0 cm³/mol. The van der Waals surface area contributed by atoms with Gasteiger partial charge in [0.05, 0.1) is 7.11 Å². The first kappa shape index (κ1) is 10.6. The SMILES string of the molecule is COc1c(CCBr)ccc(C)c1C. The third kappa shape index (κ3) is 2.25. The molecule has 0 aliphatic carbocycles. The molecular weight excluding hydrogens is 228 g/mol. The van der Waals surface area contributed by atoms with Gasteiger partial charge in [-0.2, -0.15) is 0 Å². The molecule has 1 rings (SSSR count). The van der Waals surface area contributed by atoms with Crippen molar-refractivity contribution in [1.82, 2.24) is 0 Å². The minimum absolute atomic E-state index is 0.978. The fraction of sp³-hybridized carbons (Fsp3) is 0.455. The maximum Gasteiger partial charge on any atom is 0.125 e. The zero-order valence-corrected chi connectivity index (χ0v) is 9.94. The largest absolute Gasteiger partial charge is 0.496 e. The van der Waals surface area contributed by atoms with Gasteiger partial charge < -0.3 is 4.74 Å². The molecule has 0 heterocycles. The fourth-order valence-electron chi connectivity index (χ4n) is 1.43. The molecule has 0 amide bonds. The van der Waals surface area contributed by atoms with Crippen LogP contribution in [0.15, 0.2) is 12.1 Å². The van der Waals surface area contributed by atoms with Crippen molar-refractivity contribution in [3.8, 4) is 5.75 Å². The highest BCUT2D eigenvalue weighted by Crippen LogP contribution is 2.26. The lowest BCUT2D eigenvalue weighted by Crippen LogP contribution is -1.97. The van der Waals surface area contributed by atoms with E-state index in [1.54, 1.807) is 7.11 Å². The molecule has 0 aliphatic rings. The average molecular weight is 243 g/mol. The van der Waals surface area contributed by atoms with Crippen molar-refractivity contribution < 1.29 is 4.74 Å². The maximum atomic E-state index is 5.39. The standard InChI is InChI=1S/C11H15BrO/c1-8-4-5-10(6-7-12)11(13-3)9(8)2/h4-5H,6-7H2,1-3H3. The van der Waals surface area contributed by atoms with Crippen LogP contribution in [0, 0.1) is 13.8 Å². The summed E-state index contributed by atoms with van der Waals surface area (Å²) in [5.41, 5.74) is 3.82. The van der Waals surface area contributed by atoms with E-state index in [0.717, 1.165) is 17.5 Å². The summed E-state index contributed by atoms with van der Waals surface area (Å²) in [6.45, 7) is 4.21. The van der Waals surface area contributed by atoms with E-state index in [-0.39, 0.29) is 0 Å². The van der Waals surface area contributed by atoms with E-state index >= 15 is 0 Å². The van der Waals surface area contributed by atoms with Crippen molar-refractivity contribution in [2.24, 2.45) is 0 Å². The number of methoxy groups -OCH3 is 1. The molecule has 1 aromatic carbocycles. The Bertz CT molecular complexity index is 294. The first-order valence-electron chi connectivity index (χ1n) is 4.39. The lowest BCUT2D eigenvalue weighted by atomic mass is 10.0. The smallest absolute Gasteiger partial charge is 0.125 e. The van der Waals surface area contributed by atoms with Crippen molar-refractivity contribution >= 4 is 15.9 Å². The summed E-state index contributed by atoms with van der Waals surface area (Å²) in [7, 11) is 1.74. The second-order valence-electron chi connectivity index (χ2n) is 3.14. The lowest BCUT2D eigenvalue weighted by Gasteiger charge is -2.12. The quantitative estimate of drug-likeness (QED) is 0.740. The minimum Gasteiger partial charge on any atom is -0.496 e. The summed E-state index contributed by atoms with van der Waals surface area (Å²) < 4.78 is 5.39. The van der Waals surface area contributed by atoms with Crippen molar-refractivity contribution in [1.29, 1.82) is 0 Å². The second kappa shape index (κ2) is 4.66. The number of halogens is 1. The Hall–Kier alpha value is -0.500. The zero-order valence-electron chi connectivity index (χ0n) is 8.36. The van der Waals surface area contributed by atoms with Crippen LogP contribution < -0.4 is 4.74 Å². The predicted octanol–water partition coefficient (Wildman–Crippen LogP) is 3.25. The van der Waals surface area contributed by atoms with E-state index in [2.05, 4.69) is 41.9 Å². The first-order chi connectivity index (χ1) is 6.20. The zero-order chi connectivity index (χ0) is 9.84. The van der Waals surface area contributed by atoms with Crippen molar-refractivity contribution in [2.45, 2.75) is 20.3 Å². The summed E-state index contributed by atoms with van der Waals surface area (Å²) in [6, 6.07) is 4.29. The van der Waals surface area contributed by atoms with Gasteiger partial charge in [0.25, 0.3) is 0 Å². The summed E-state index contributed by atoms with van der Waals surface area (Å²) >= 11 is 3.44.